The van der Waals surface area contributed by atoms with Gasteiger partial charge in [0.05, 0.1) is 11.5 Å². The molecule has 5 rings (SSSR count). The highest BCUT2D eigenvalue weighted by atomic mass is 35.5. The highest BCUT2D eigenvalue weighted by molar-refractivity contribution is 7.89. The summed E-state index contributed by atoms with van der Waals surface area (Å²) in [6.45, 7) is 3.26. The molecule has 1 N–H and O–H groups in total. The van der Waals surface area contributed by atoms with Gasteiger partial charge in [0.25, 0.3) is 0 Å². The molecular weight excluding hydrogens is 560 g/mol. The number of piperazine rings is 1. The van der Waals surface area contributed by atoms with Crippen LogP contribution in [0.15, 0.2) is 77.7 Å². The number of ether oxygens (including phenoxy) is 1. The summed E-state index contributed by atoms with van der Waals surface area (Å²) < 4.78 is 34.2. The van der Waals surface area contributed by atoms with Crippen molar-refractivity contribution in [2.24, 2.45) is 5.92 Å². The lowest BCUT2D eigenvalue weighted by Gasteiger charge is -2.41. The van der Waals surface area contributed by atoms with Crippen molar-refractivity contribution in [1.29, 1.82) is 0 Å². The van der Waals surface area contributed by atoms with Gasteiger partial charge in [-0.05, 0) is 78.8 Å². The normalized spacial score (nSPS) is 20.0. The van der Waals surface area contributed by atoms with E-state index in [1.165, 1.54) is 44.2 Å². The van der Waals surface area contributed by atoms with Crippen LogP contribution in [0.25, 0.3) is 11.1 Å². The standard InChI is InChI=1S/C32H37ClN2O5S/c1-23(25-7-9-26(10-8-25)27-11-13-28(33)14-12-27)34-19-20-35(31(21-34)32(36)37)41(38,39)30-17-15-29(16-18-30)40-22-24-5-3-2-4-6-24/h7-18,23-24,31H,2-6,19-22H2,1H3,(H,36,37)/t23-,31-/m0/s1. The van der Waals surface area contributed by atoms with Gasteiger partial charge < -0.3 is 9.84 Å². The molecule has 0 radical (unpaired) electrons. The molecule has 0 spiro atoms. The van der Waals surface area contributed by atoms with Crippen LogP contribution < -0.4 is 4.74 Å². The molecule has 2 fully saturated rings. The summed E-state index contributed by atoms with van der Waals surface area (Å²) in [4.78, 5) is 14.4. The van der Waals surface area contributed by atoms with Gasteiger partial charge >= 0.3 is 5.97 Å². The summed E-state index contributed by atoms with van der Waals surface area (Å²) in [7, 11) is -4.00. The predicted octanol–water partition coefficient (Wildman–Crippen LogP) is 6.49. The molecule has 7 nitrogen and oxygen atoms in total. The molecule has 1 aliphatic heterocycles. The highest BCUT2D eigenvalue weighted by Gasteiger charge is 2.41. The van der Waals surface area contributed by atoms with Gasteiger partial charge in [0, 0.05) is 30.7 Å². The maximum absolute atomic E-state index is 13.6. The van der Waals surface area contributed by atoms with E-state index in [9.17, 15) is 18.3 Å². The quantitative estimate of drug-likeness (QED) is 0.304. The number of sulfonamides is 1. The zero-order valence-electron chi connectivity index (χ0n) is 23.3. The van der Waals surface area contributed by atoms with Gasteiger partial charge in [-0.15, -0.1) is 0 Å². The number of benzene rings is 3. The van der Waals surface area contributed by atoms with Crippen molar-refractivity contribution >= 4 is 27.6 Å². The van der Waals surface area contributed by atoms with Crippen molar-refractivity contribution in [3.05, 3.63) is 83.4 Å². The van der Waals surface area contributed by atoms with Crippen LogP contribution in [0.3, 0.4) is 0 Å². The molecule has 2 aliphatic rings. The summed E-state index contributed by atoms with van der Waals surface area (Å²) in [5, 5.41) is 10.7. The second-order valence-corrected chi connectivity index (χ2v) is 13.4. The third-order valence-corrected chi connectivity index (χ3v) is 10.6. The molecule has 1 saturated carbocycles. The summed E-state index contributed by atoms with van der Waals surface area (Å²) in [6.07, 6.45) is 6.09. The van der Waals surface area contributed by atoms with E-state index >= 15 is 0 Å². The van der Waals surface area contributed by atoms with Crippen LogP contribution in [0, 0.1) is 5.92 Å². The first-order valence-electron chi connectivity index (χ1n) is 14.3. The van der Waals surface area contributed by atoms with E-state index in [2.05, 4.69) is 0 Å². The molecule has 1 heterocycles. The highest BCUT2D eigenvalue weighted by Crippen LogP contribution is 2.30. The van der Waals surface area contributed by atoms with Crippen LogP contribution in [0.4, 0.5) is 0 Å². The Morgan fingerprint density at radius 2 is 1.54 bits per heavy atom. The Morgan fingerprint density at radius 3 is 2.15 bits per heavy atom. The number of halogens is 1. The fourth-order valence-corrected chi connectivity index (χ4v) is 7.54. The zero-order chi connectivity index (χ0) is 29.0. The summed E-state index contributed by atoms with van der Waals surface area (Å²) >= 11 is 6.01. The Labute approximate surface area is 247 Å². The fourth-order valence-electron chi connectivity index (χ4n) is 5.85. The van der Waals surface area contributed by atoms with Gasteiger partial charge in [0.15, 0.2) is 0 Å². The first-order valence-corrected chi connectivity index (χ1v) is 16.1. The van der Waals surface area contributed by atoms with Crippen LogP contribution >= 0.6 is 11.6 Å². The van der Waals surface area contributed by atoms with Crippen LogP contribution in [0.5, 0.6) is 5.75 Å². The topological polar surface area (TPSA) is 87.2 Å². The van der Waals surface area contributed by atoms with E-state index < -0.39 is 22.0 Å². The summed E-state index contributed by atoms with van der Waals surface area (Å²) in [5.41, 5.74) is 3.15. The Morgan fingerprint density at radius 1 is 0.927 bits per heavy atom. The van der Waals surface area contributed by atoms with E-state index in [0.29, 0.717) is 29.8 Å². The number of hydrogen-bond donors (Lipinski definition) is 1. The molecule has 1 aliphatic carbocycles. The largest absolute Gasteiger partial charge is 0.493 e. The second-order valence-electron chi connectivity index (χ2n) is 11.1. The van der Waals surface area contributed by atoms with E-state index in [4.69, 9.17) is 16.3 Å². The molecule has 0 unspecified atom stereocenters. The van der Waals surface area contributed by atoms with E-state index in [1.807, 2.05) is 60.4 Å². The third kappa shape index (κ3) is 6.95. The monoisotopic (exact) mass is 596 g/mol. The van der Waals surface area contributed by atoms with Crippen LogP contribution in [0.2, 0.25) is 5.02 Å². The maximum atomic E-state index is 13.6. The van der Waals surface area contributed by atoms with E-state index in [-0.39, 0.29) is 24.0 Å². The van der Waals surface area contributed by atoms with E-state index in [1.54, 1.807) is 12.1 Å². The zero-order valence-corrected chi connectivity index (χ0v) is 24.9. The maximum Gasteiger partial charge on any atom is 0.323 e. The average Bonchev–Trinajstić information content (AvgIpc) is 3.00. The lowest BCUT2D eigenvalue weighted by atomic mass is 9.90. The average molecular weight is 597 g/mol. The van der Waals surface area contributed by atoms with Gasteiger partial charge in [-0.2, -0.15) is 4.31 Å². The summed E-state index contributed by atoms with van der Waals surface area (Å²) in [6, 6.07) is 20.9. The van der Waals surface area contributed by atoms with Gasteiger partial charge in [-0.25, -0.2) is 8.42 Å². The second kappa shape index (κ2) is 12.9. The number of nitrogens with zero attached hydrogens (tertiary/aromatic N) is 2. The number of carboxylic acid groups (broad SMARTS) is 1. The molecule has 9 heteroatoms. The molecule has 0 bridgehead atoms. The number of rotatable bonds is 9. The van der Waals surface area contributed by atoms with Crippen molar-refractivity contribution < 1.29 is 23.1 Å². The predicted molar refractivity (Wildman–Crippen MR) is 161 cm³/mol. The number of carbonyl (C=O) groups is 1. The molecule has 2 atom stereocenters. The molecule has 218 valence electrons. The molecule has 0 amide bonds. The fraction of sp³-hybridized carbons (Fsp3) is 0.406. The molecule has 3 aromatic rings. The first-order chi connectivity index (χ1) is 19.7. The van der Waals surface area contributed by atoms with Crippen molar-refractivity contribution in [1.82, 2.24) is 9.21 Å². The smallest absolute Gasteiger partial charge is 0.323 e. The summed E-state index contributed by atoms with van der Waals surface area (Å²) in [5.74, 6) is 0.0182. The minimum Gasteiger partial charge on any atom is -0.493 e. The van der Waals surface area contributed by atoms with Crippen molar-refractivity contribution in [2.75, 3.05) is 26.2 Å². The van der Waals surface area contributed by atoms with E-state index in [0.717, 1.165) is 21.0 Å². The first kappa shape index (κ1) is 29.6. The van der Waals surface area contributed by atoms with Crippen molar-refractivity contribution in [2.45, 2.75) is 56.0 Å². The SMILES string of the molecule is C[C@@H](c1ccc(-c2ccc(Cl)cc2)cc1)N1CCN(S(=O)(=O)c2ccc(OCC3CCCCC3)cc2)[C@H](C(=O)O)C1. The lowest BCUT2D eigenvalue weighted by molar-refractivity contribution is -0.143. The minimum absolute atomic E-state index is 0.0769. The molecule has 41 heavy (non-hydrogen) atoms. The lowest BCUT2D eigenvalue weighted by Crippen LogP contribution is -2.58. The van der Waals surface area contributed by atoms with Gasteiger partial charge in [0.2, 0.25) is 10.0 Å². The molecular formula is C32H37ClN2O5S. The van der Waals surface area contributed by atoms with Crippen molar-refractivity contribution in [3.8, 4) is 16.9 Å². The molecule has 0 aromatic heterocycles. The Bertz CT molecular complexity index is 1420. The Kier molecular flexibility index (Phi) is 9.34. The Hall–Kier alpha value is -2.91. The third-order valence-electron chi connectivity index (χ3n) is 8.41. The molecule has 1 saturated heterocycles. The van der Waals surface area contributed by atoms with Crippen molar-refractivity contribution in [3.63, 3.8) is 0 Å². The van der Waals surface area contributed by atoms with Gasteiger partial charge in [-0.1, -0.05) is 67.3 Å². The minimum atomic E-state index is -4.00. The van der Waals surface area contributed by atoms with Crippen LogP contribution in [-0.4, -0.2) is 61.0 Å². The Balaban J connectivity index is 1.24. The van der Waals surface area contributed by atoms with Gasteiger partial charge in [0.1, 0.15) is 11.8 Å². The number of hydrogen-bond acceptors (Lipinski definition) is 5. The number of carboxylic acids is 1. The number of aliphatic carboxylic acids is 1. The molecule has 3 aromatic carbocycles. The van der Waals surface area contributed by atoms with Crippen LogP contribution in [0.1, 0.15) is 50.6 Å². The van der Waals surface area contributed by atoms with Crippen LogP contribution in [-0.2, 0) is 14.8 Å². The van der Waals surface area contributed by atoms with Gasteiger partial charge in [-0.3, -0.25) is 9.69 Å².